The molecule has 3 aromatic rings. The van der Waals surface area contributed by atoms with Crippen molar-refractivity contribution in [1.82, 2.24) is 19.9 Å². The van der Waals surface area contributed by atoms with Crippen molar-refractivity contribution in [2.24, 2.45) is 9.98 Å². The van der Waals surface area contributed by atoms with E-state index in [0.717, 1.165) is 28.0 Å². The van der Waals surface area contributed by atoms with Crippen molar-refractivity contribution in [3.63, 3.8) is 0 Å². The van der Waals surface area contributed by atoms with Crippen LogP contribution in [0.5, 0.6) is 0 Å². The first-order valence-corrected chi connectivity index (χ1v) is 10.4. The number of hydrogen-bond acceptors (Lipinski definition) is 6. The number of nitrogens with zero attached hydrogens (tertiary/aromatic N) is 5. The van der Waals surface area contributed by atoms with E-state index in [2.05, 4.69) is 43.4 Å². The Morgan fingerprint density at radius 2 is 2.06 bits per heavy atom. The van der Waals surface area contributed by atoms with Crippen molar-refractivity contribution < 1.29 is 4.79 Å². The minimum Gasteiger partial charge on any atom is -0.351 e. The van der Waals surface area contributed by atoms with E-state index >= 15 is 0 Å². The number of aromatic amines is 1. The van der Waals surface area contributed by atoms with Crippen molar-refractivity contribution in [3.8, 4) is 0 Å². The van der Waals surface area contributed by atoms with Crippen LogP contribution >= 0.6 is 0 Å². The van der Waals surface area contributed by atoms with Gasteiger partial charge in [-0.3, -0.25) is 14.8 Å². The summed E-state index contributed by atoms with van der Waals surface area (Å²) in [7, 11) is 1.71. The highest BCUT2D eigenvalue weighted by Crippen LogP contribution is 2.23. The van der Waals surface area contributed by atoms with Crippen LogP contribution in [-0.4, -0.2) is 51.8 Å². The molecule has 0 bridgehead atoms. The molecule has 3 rings (SSSR count). The van der Waals surface area contributed by atoms with Crippen LogP contribution in [-0.2, 0) is 0 Å². The van der Waals surface area contributed by atoms with E-state index in [4.69, 9.17) is 0 Å². The van der Waals surface area contributed by atoms with Gasteiger partial charge in [0.15, 0.2) is 0 Å². The zero-order chi connectivity index (χ0) is 23.8. The number of fused-ring (bicyclic) bond motifs is 1. The molecule has 0 aliphatic heterocycles. The molecule has 8 heteroatoms. The van der Waals surface area contributed by atoms with Crippen molar-refractivity contribution >= 4 is 46.6 Å². The third-order valence-corrected chi connectivity index (χ3v) is 4.70. The van der Waals surface area contributed by atoms with Crippen LogP contribution < -0.4 is 5.32 Å². The van der Waals surface area contributed by atoms with Gasteiger partial charge in [-0.25, -0.2) is 9.97 Å². The van der Waals surface area contributed by atoms with Crippen LogP contribution in [0.2, 0.25) is 0 Å². The molecular formula is C25H27N7O. The second kappa shape index (κ2) is 10.8. The van der Waals surface area contributed by atoms with Gasteiger partial charge in [0.1, 0.15) is 5.69 Å². The molecule has 0 aliphatic carbocycles. The Morgan fingerprint density at radius 1 is 1.24 bits per heavy atom. The quantitative estimate of drug-likeness (QED) is 0.457. The van der Waals surface area contributed by atoms with Gasteiger partial charge in [-0.1, -0.05) is 25.3 Å². The monoisotopic (exact) mass is 441 g/mol. The zero-order valence-electron chi connectivity index (χ0n) is 19.0. The molecule has 0 unspecified atom stereocenters. The average molecular weight is 442 g/mol. The molecule has 168 valence electrons. The van der Waals surface area contributed by atoms with Crippen molar-refractivity contribution in [2.45, 2.75) is 13.8 Å². The number of aromatic nitrogens is 3. The molecule has 8 nitrogen and oxygen atoms in total. The second-order valence-corrected chi connectivity index (χ2v) is 7.18. The third-order valence-electron chi connectivity index (χ3n) is 4.70. The molecule has 0 saturated carbocycles. The molecule has 2 aromatic heterocycles. The summed E-state index contributed by atoms with van der Waals surface area (Å²) in [5.41, 5.74) is 4.21. The van der Waals surface area contributed by atoms with E-state index in [1.165, 1.54) is 0 Å². The maximum Gasteiger partial charge on any atom is 0.270 e. The van der Waals surface area contributed by atoms with Crippen molar-refractivity contribution in [2.75, 3.05) is 18.9 Å². The number of H-pyrrole nitrogens is 1. The molecule has 1 aromatic carbocycles. The fourth-order valence-electron chi connectivity index (χ4n) is 3.19. The van der Waals surface area contributed by atoms with Crippen LogP contribution in [0.4, 0.5) is 11.6 Å². The number of likely N-dealkylation sites (N-methyl/N-ethyl adjacent to an activating group) is 1. The molecule has 0 atom stereocenters. The van der Waals surface area contributed by atoms with Crippen molar-refractivity contribution in [3.05, 3.63) is 78.9 Å². The Kier molecular flexibility index (Phi) is 7.64. The number of rotatable bonds is 9. The lowest BCUT2D eigenvalue weighted by Crippen LogP contribution is -2.28. The normalized spacial score (nSPS) is 11.9. The van der Waals surface area contributed by atoms with Gasteiger partial charge in [0, 0.05) is 42.3 Å². The van der Waals surface area contributed by atoms with E-state index in [9.17, 15) is 4.79 Å². The standard InChI is InChI=1S/C25H27N7O/c1-6-12-27-17(4)16-32(5)24(33)23-15-18-14-19(9-10-21(18)30-23)29-25-28-13-11-22(31-25)20(7-2)26-8-3/h6-15,30H,1,4,16H2,2-3,5H3,(H,28,29,31)/b20-7-,26-8?,27-12?. The number of hydrogen-bond donors (Lipinski definition) is 2. The van der Waals surface area contributed by atoms with E-state index in [1.807, 2.05) is 50.3 Å². The summed E-state index contributed by atoms with van der Waals surface area (Å²) in [6.07, 6.45) is 8.43. The molecule has 2 heterocycles. The van der Waals surface area contributed by atoms with Gasteiger partial charge in [0.25, 0.3) is 5.91 Å². The summed E-state index contributed by atoms with van der Waals surface area (Å²) in [6, 6.07) is 9.38. The first-order chi connectivity index (χ1) is 15.9. The summed E-state index contributed by atoms with van der Waals surface area (Å²) < 4.78 is 0. The minimum atomic E-state index is -0.151. The first-order valence-electron chi connectivity index (χ1n) is 10.4. The fraction of sp³-hybridized carbons (Fsp3) is 0.160. The molecule has 0 fully saturated rings. The lowest BCUT2D eigenvalue weighted by atomic mass is 10.2. The molecule has 2 N–H and O–H groups in total. The molecular weight excluding hydrogens is 414 g/mol. The van der Waals surface area contributed by atoms with Gasteiger partial charge in [0.05, 0.1) is 23.6 Å². The predicted octanol–water partition coefficient (Wildman–Crippen LogP) is 5.00. The number of amides is 1. The molecule has 0 saturated heterocycles. The number of carbonyl (C=O) groups excluding carboxylic acids is 1. The van der Waals surface area contributed by atoms with Gasteiger partial charge >= 0.3 is 0 Å². The summed E-state index contributed by atoms with van der Waals surface area (Å²) in [5, 5.41) is 4.11. The zero-order valence-corrected chi connectivity index (χ0v) is 19.0. The number of anilines is 2. The molecule has 0 spiro atoms. The Balaban J connectivity index is 1.78. The van der Waals surface area contributed by atoms with Crippen molar-refractivity contribution in [1.29, 1.82) is 0 Å². The van der Waals surface area contributed by atoms with Gasteiger partial charge in [-0.15, -0.1) is 0 Å². The summed E-state index contributed by atoms with van der Waals surface area (Å²) in [4.78, 5) is 34.8. The van der Waals surface area contributed by atoms with Crippen LogP contribution in [0.15, 0.2) is 77.5 Å². The Morgan fingerprint density at radius 3 is 2.79 bits per heavy atom. The highest BCUT2D eigenvalue weighted by Gasteiger charge is 2.15. The summed E-state index contributed by atoms with van der Waals surface area (Å²) in [5.74, 6) is 0.310. The summed E-state index contributed by atoms with van der Waals surface area (Å²) in [6.45, 7) is 11.5. The maximum atomic E-state index is 12.8. The number of aliphatic imine (C=N–C) groups is 2. The van der Waals surface area contributed by atoms with Crippen LogP contribution in [0.3, 0.4) is 0 Å². The maximum absolute atomic E-state index is 12.8. The number of carbonyl (C=O) groups is 1. The second-order valence-electron chi connectivity index (χ2n) is 7.18. The Bertz CT molecular complexity index is 1270. The molecule has 0 radical (unpaired) electrons. The van der Waals surface area contributed by atoms with Crippen LogP contribution in [0, 0.1) is 0 Å². The van der Waals surface area contributed by atoms with Gasteiger partial charge in [-0.2, -0.15) is 0 Å². The van der Waals surface area contributed by atoms with E-state index in [-0.39, 0.29) is 5.91 Å². The molecule has 0 aliphatic rings. The molecule has 1 amide bonds. The van der Waals surface area contributed by atoms with Gasteiger partial charge in [0.2, 0.25) is 5.95 Å². The number of nitrogens with one attached hydrogen (secondary N) is 2. The summed E-state index contributed by atoms with van der Waals surface area (Å²) >= 11 is 0. The fourth-order valence-corrected chi connectivity index (χ4v) is 3.19. The average Bonchev–Trinajstić information content (AvgIpc) is 3.24. The lowest BCUT2D eigenvalue weighted by Gasteiger charge is -2.15. The topological polar surface area (TPSA) is 98.6 Å². The van der Waals surface area contributed by atoms with Gasteiger partial charge < -0.3 is 15.2 Å². The van der Waals surface area contributed by atoms with Crippen LogP contribution in [0.25, 0.3) is 16.6 Å². The Labute approximate surface area is 193 Å². The minimum absolute atomic E-state index is 0.151. The third kappa shape index (κ3) is 5.88. The highest BCUT2D eigenvalue weighted by molar-refractivity contribution is 5.98. The van der Waals surface area contributed by atoms with E-state index in [1.54, 1.807) is 36.6 Å². The smallest absolute Gasteiger partial charge is 0.270 e. The van der Waals surface area contributed by atoms with Gasteiger partial charge in [-0.05, 0) is 44.2 Å². The first kappa shape index (κ1) is 23.3. The lowest BCUT2D eigenvalue weighted by molar-refractivity contribution is 0.0802. The van der Waals surface area contributed by atoms with E-state index in [0.29, 0.717) is 23.9 Å². The Hall–Kier alpha value is -4.33. The number of benzene rings is 1. The van der Waals surface area contributed by atoms with E-state index < -0.39 is 0 Å². The van der Waals surface area contributed by atoms with Crippen LogP contribution in [0.1, 0.15) is 30.0 Å². The number of allylic oxidation sites excluding steroid dienone is 2. The highest BCUT2D eigenvalue weighted by atomic mass is 16.2. The SMILES string of the molecule is C=CC=NC(=C)CN(C)C(=O)c1cc2cc(Nc3nccc(/C(=C/C)N=CC)n3)ccc2[nH]1. The predicted molar refractivity (Wildman–Crippen MR) is 136 cm³/mol. The molecule has 33 heavy (non-hydrogen) atoms. The largest absolute Gasteiger partial charge is 0.351 e.